The largest absolute Gasteiger partial charge is 0.479 e. The number of carboxylic acids is 1. The average Bonchev–Trinajstić information content (AvgIpc) is 2.98. The second-order valence-electron chi connectivity index (χ2n) is 13.1. The molecule has 0 aliphatic carbocycles. The number of hydrogen-bond acceptors (Lipinski definition) is 3. The number of carbonyl (C=O) groups excluding carboxylic acids is 1. The predicted molar refractivity (Wildman–Crippen MR) is 181 cm³/mol. The van der Waals surface area contributed by atoms with Gasteiger partial charge in [0.05, 0.1) is 0 Å². The Morgan fingerprint density at radius 2 is 0.690 bits per heavy atom. The number of aliphatic carboxylic acids is 1. The maximum absolute atomic E-state index is 12.1. The molecule has 0 aliphatic rings. The maximum atomic E-state index is 12.1. The van der Waals surface area contributed by atoms with Gasteiger partial charge in [0.2, 0.25) is 0 Å². The zero-order chi connectivity index (χ0) is 30.8. The summed E-state index contributed by atoms with van der Waals surface area (Å²) in [6, 6.07) is 0. The minimum Gasteiger partial charge on any atom is -0.479 e. The van der Waals surface area contributed by atoms with Crippen molar-refractivity contribution in [3.05, 3.63) is 0 Å². The molecule has 0 aromatic rings. The molecule has 1 unspecified atom stereocenters. The molecule has 4 heteroatoms. The van der Waals surface area contributed by atoms with Crippen molar-refractivity contribution in [2.24, 2.45) is 0 Å². The first-order valence-electron chi connectivity index (χ1n) is 19.0. The molecule has 0 aliphatic heterocycles. The van der Waals surface area contributed by atoms with E-state index < -0.39 is 12.1 Å². The third-order valence-electron chi connectivity index (χ3n) is 8.85. The number of ether oxygens (including phenoxy) is 1. The first-order chi connectivity index (χ1) is 20.6. The smallest absolute Gasteiger partial charge is 0.345 e. The summed E-state index contributed by atoms with van der Waals surface area (Å²) in [6.45, 7) is 4.54. The molecule has 1 N–H and O–H groups in total. The van der Waals surface area contributed by atoms with Crippen molar-refractivity contribution in [2.45, 2.75) is 232 Å². The van der Waals surface area contributed by atoms with Crippen molar-refractivity contribution in [3.63, 3.8) is 0 Å². The second kappa shape index (κ2) is 34.4. The highest BCUT2D eigenvalue weighted by molar-refractivity contribution is 5.77. The number of carbonyl (C=O) groups is 2. The Labute approximate surface area is 262 Å². The molecule has 0 saturated carbocycles. The minimum absolute atomic E-state index is 0.341. The highest BCUT2D eigenvalue weighted by Crippen LogP contribution is 2.17. The Hall–Kier alpha value is -1.06. The molecule has 0 spiro atoms. The normalized spacial score (nSPS) is 12.0. The standard InChI is InChI=1S/C38H74O4/c1-3-5-7-9-11-13-15-16-17-18-19-20-21-22-23-25-26-28-30-32-34-36(38(40)41)42-37(39)35-33-31-29-27-24-14-12-10-8-6-4-2/h36H,3-35H2,1-2H3,(H,40,41). The van der Waals surface area contributed by atoms with Gasteiger partial charge in [0, 0.05) is 6.42 Å². The third-order valence-corrected chi connectivity index (χ3v) is 8.85. The van der Waals surface area contributed by atoms with Crippen LogP contribution in [0.5, 0.6) is 0 Å². The molecule has 0 heterocycles. The van der Waals surface area contributed by atoms with E-state index in [1.807, 2.05) is 0 Å². The van der Waals surface area contributed by atoms with E-state index >= 15 is 0 Å². The zero-order valence-corrected chi connectivity index (χ0v) is 28.6. The van der Waals surface area contributed by atoms with Gasteiger partial charge in [0.25, 0.3) is 0 Å². The quantitative estimate of drug-likeness (QED) is 0.0585. The lowest BCUT2D eigenvalue weighted by molar-refractivity contribution is -0.164. The Balaban J connectivity index is 3.47. The summed E-state index contributed by atoms with van der Waals surface area (Å²) < 4.78 is 5.31. The summed E-state index contributed by atoms with van der Waals surface area (Å²) >= 11 is 0. The maximum Gasteiger partial charge on any atom is 0.345 e. The summed E-state index contributed by atoms with van der Waals surface area (Å²) in [5, 5.41) is 9.46. The van der Waals surface area contributed by atoms with Crippen LogP contribution in [-0.4, -0.2) is 23.1 Å². The van der Waals surface area contributed by atoms with Gasteiger partial charge in [-0.15, -0.1) is 0 Å². The van der Waals surface area contributed by atoms with Crippen LogP contribution in [-0.2, 0) is 14.3 Å². The van der Waals surface area contributed by atoms with Crippen molar-refractivity contribution in [1.82, 2.24) is 0 Å². The SMILES string of the molecule is CCCCCCCCCCCCCCCCCCCCCCC(OC(=O)CCCCCCCCCCCCC)C(=O)O. The number of carboxylic acid groups (broad SMARTS) is 1. The lowest BCUT2D eigenvalue weighted by Gasteiger charge is -2.13. The molecule has 250 valence electrons. The zero-order valence-electron chi connectivity index (χ0n) is 28.6. The molecule has 0 rings (SSSR count). The van der Waals surface area contributed by atoms with Gasteiger partial charge in [-0.05, 0) is 19.3 Å². The molecular formula is C38H74O4. The second-order valence-corrected chi connectivity index (χ2v) is 13.1. The van der Waals surface area contributed by atoms with Crippen LogP contribution in [0, 0.1) is 0 Å². The molecule has 0 bridgehead atoms. The van der Waals surface area contributed by atoms with E-state index in [0.29, 0.717) is 12.8 Å². The van der Waals surface area contributed by atoms with Crippen molar-refractivity contribution < 1.29 is 19.4 Å². The first kappa shape index (κ1) is 40.9. The van der Waals surface area contributed by atoms with Crippen LogP contribution in [0.25, 0.3) is 0 Å². The van der Waals surface area contributed by atoms with Gasteiger partial charge in [-0.25, -0.2) is 4.79 Å². The minimum atomic E-state index is -1.000. The highest BCUT2D eigenvalue weighted by atomic mass is 16.6. The van der Waals surface area contributed by atoms with E-state index in [1.54, 1.807) is 0 Å². The molecule has 0 aromatic heterocycles. The molecular weight excluding hydrogens is 520 g/mol. The van der Waals surface area contributed by atoms with Gasteiger partial charge in [-0.1, -0.05) is 200 Å². The van der Waals surface area contributed by atoms with Gasteiger partial charge in [0.15, 0.2) is 6.10 Å². The first-order valence-corrected chi connectivity index (χ1v) is 19.0. The summed E-state index contributed by atoms with van der Waals surface area (Å²) in [7, 11) is 0. The number of unbranched alkanes of at least 4 members (excludes halogenated alkanes) is 29. The van der Waals surface area contributed by atoms with Gasteiger partial charge >= 0.3 is 11.9 Å². The molecule has 0 fully saturated rings. The van der Waals surface area contributed by atoms with Crippen molar-refractivity contribution in [3.8, 4) is 0 Å². The molecule has 1 atom stereocenters. The Morgan fingerprint density at radius 3 is 0.976 bits per heavy atom. The molecule has 0 aromatic carbocycles. The van der Waals surface area contributed by atoms with Crippen LogP contribution in [0.1, 0.15) is 226 Å². The monoisotopic (exact) mass is 595 g/mol. The fraction of sp³-hybridized carbons (Fsp3) is 0.947. The van der Waals surface area contributed by atoms with Crippen molar-refractivity contribution >= 4 is 11.9 Å². The van der Waals surface area contributed by atoms with Crippen molar-refractivity contribution in [1.29, 1.82) is 0 Å². The van der Waals surface area contributed by atoms with Gasteiger partial charge in [-0.2, -0.15) is 0 Å². The fourth-order valence-corrected chi connectivity index (χ4v) is 5.97. The Morgan fingerprint density at radius 1 is 0.429 bits per heavy atom. The van der Waals surface area contributed by atoms with E-state index in [4.69, 9.17) is 4.74 Å². The van der Waals surface area contributed by atoms with Crippen LogP contribution in [0.2, 0.25) is 0 Å². The highest BCUT2D eigenvalue weighted by Gasteiger charge is 2.21. The van der Waals surface area contributed by atoms with Crippen molar-refractivity contribution in [2.75, 3.05) is 0 Å². The molecule has 0 saturated heterocycles. The molecule has 0 amide bonds. The molecule has 42 heavy (non-hydrogen) atoms. The summed E-state index contributed by atoms with van der Waals surface area (Å²) in [4.78, 5) is 23.7. The molecule has 4 nitrogen and oxygen atoms in total. The van der Waals surface area contributed by atoms with E-state index in [9.17, 15) is 14.7 Å². The van der Waals surface area contributed by atoms with E-state index in [0.717, 1.165) is 38.5 Å². The Bertz CT molecular complexity index is 561. The van der Waals surface area contributed by atoms with Gasteiger partial charge in [-0.3, -0.25) is 4.79 Å². The van der Waals surface area contributed by atoms with E-state index in [2.05, 4.69) is 13.8 Å². The number of esters is 1. The average molecular weight is 595 g/mol. The van der Waals surface area contributed by atoms with E-state index in [-0.39, 0.29) is 5.97 Å². The third kappa shape index (κ3) is 31.9. The lowest BCUT2D eigenvalue weighted by Crippen LogP contribution is -2.27. The van der Waals surface area contributed by atoms with Crippen LogP contribution >= 0.6 is 0 Å². The lowest BCUT2D eigenvalue weighted by atomic mass is 10.0. The van der Waals surface area contributed by atoms with Crippen LogP contribution in [0.3, 0.4) is 0 Å². The molecule has 0 radical (unpaired) electrons. The fourth-order valence-electron chi connectivity index (χ4n) is 5.97. The number of hydrogen-bond donors (Lipinski definition) is 1. The summed E-state index contributed by atoms with van der Waals surface area (Å²) in [5.41, 5.74) is 0. The van der Waals surface area contributed by atoms with Crippen LogP contribution in [0.4, 0.5) is 0 Å². The number of rotatable bonds is 35. The topological polar surface area (TPSA) is 63.6 Å². The summed E-state index contributed by atoms with van der Waals surface area (Å²) in [6.07, 6.45) is 40.0. The Kier molecular flexibility index (Phi) is 33.6. The van der Waals surface area contributed by atoms with E-state index in [1.165, 1.54) is 161 Å². The van der Waals surface area contributed by atoms with Gasteiger partial charge < -0.3 is 9.84 Å². The predicted octanol–water partition coefficient (Wildman–Crippen LogP) is 12.9. The van der Waals surface area contributed by atoms with Crippen LogP contribution in [0.15, 0.2) is 0 Å². The van der Waals surface area contributed by atoms with Crippen LogP contribution < -0.4 is 0 Å². The van der Waals surface area contributed by atoms with Gasteiger partial charge in [0.1, 0.15) is 0 Å². The summed E-state index contributed by atoms with van der Waals surface area (Å²) in [5.74, 6) is -1.34.